The summed E-state index contributed by atoms with van der Waals surface area (Å²) < 4.78 is 0. The molecule has 0 saturated carbocycles. The molecule has 0 bridgehead atoms. The molecular weight excluding hydrogens is 242 g/mol. The maximum Gasteiger partial charge on any atom is 0.101 e. The standard InChI is InChI=1S/C14H11N3S/c15-12-4-5-13(11-9-16-8-6-10(11)12)18-14-3-1-2-7-17-14/h1-9H,15H2. The first-order valence-corrected chi connectivity index (χ1v) is 6.37. The fourth-order valence-corrected chi connectivity index (χ4v) is 2.69. The van der Waals surface area contributed by atoms with Gasteiger partial charge in [0, 0.05) is 39.9 Å². The average molecular weight is 253 g/mol. The van der Waals surface area contributed by atoms with Crippen LogP contribution in [0.3, 0.4) is 0 Å². The van der Waals surface area contributed by atoms with Crippen molar-refractivity contribution in [1.29, 1.82) is 0 Å². The van der Waals surface area contributed by atoms with Crippen LogP contribution in [-0.2, 0) is 0 Å². The van der Waals surface area contributed by atoms with Gasteiger partial charge in [0.25, 0.3) is 0 Å². The van der Waals surface area contributed by atoms with Gasteiger partial charge in [0.1, 0.15) is 5.03 Å². The second kappa shape index (κ2) is 4.66. The minimum absolute atomic E-state index is 0.776. The molecule has 0 aliphatic carbocycles. The first kappa shape index (κ1) is 11.0. The average Bonchev–Trinajstić information content (AvgIpc) is 2.44. The topological polar surface area (TPSA) is 51.8 Å². The summed E-state index contributed by atoms with van der Waals surface area (Å²) in [7, 11) is 0. The zero-order valence-electron chi connectivity index (χ0n) is 9.58. The summed E-state index contributed by atoms with van der Waals surface area (Å²) >= 11 is 1.62. The lowest BCUT2D eigenvalue weighted by atomic mass is 10.1. The molecule has 1 aromatic carbocycles. The minimum Gasteiger partial charge on any atom is -0.398 e. The Hall–Kier alpha value is -2.07. The van der Waals surface area contributed by atoms with Crippen molar-refractivity contribution in [2.75, 3.05) is 5.73 Å². The quantitative estimate of drug-likeness (QED) is 0.711. The Morgan fingerprint density at radius 1 is 0.944 bits per heavy atom. The monoisotopic (exact) mass is 253 g/mol. The number of aromatic nitrogens is 2. The van der Waals surface area contributed by atoms with Crippen LogP contribution < -0.4 is 5.73 Å². The molecule has 18 heavy (non-hydrogen) atoms. The third kappa shape index (κ3) is 2.02. The van der Waals surface area contributed by atoms with Crippen LogP contribution in [0, 0.1) is 0 Å². The highest BCUT2D eigenvalue weighted by Gasteiger charge is 2.06. The Morgan fingerprint density at radius 2 is 1.89 bits per heavy atom. The Kier molecular flexibility index (Phi) is 2.86. The number of nitrogens with zero attached hydrogens (tertiary/aromatic N) is 2. The smallest absolute Gasteiger partial charge is 0.101 e. The molecule has 2 heterocycles. The van der Waals surface area contributed by atoms with Gasteiger partial charge in [-0.15, -0.1) is 0 Å². The molecule has 0 spiro atoms. The predicted octanol–water partition coefficient (Wildman–Crippen LogP) is 3.36. The molecule has 88 valence electrons. The van der Waals surface area contributed by atoms with E-state index in [4.69, 9.17) is 5.73 Å². The number of anilines is 1. The lowest BCUT2D eigenvalue weighted by Crippen LogP contribution is -1.89. The Morgan fingerprint density at radius 3 is 2.72 bits per heavy atom. The zero-order valence-corrected chi connectivity index (χ0v) is 10.4. The highest BCUT2D eigenvalue weighted by Crippen LogP contribution is 2.34. The van der Waals surface area contributed by atoms with E-state index in [2.05, 4.69) is 9.97 Å². The number of rotatable bonds is 2. The fourth-order valence-electron chi connectivity index (χ4n) is 1.80. The lowest BCUT2D eigenvalue weighted by molar-refractivity contribution is 1.13. The molecule has 0 aliphatic heterocycles. The van der Waals surface area contributed by atoms with Gasteiger partial charge in [0.05, 0.1) is 0 Å². The summed E-state index contributed by atoms with van der Waals surface area (Å²) in [5.41, 5.74) is 6.74. The normalized spacial score (nSPS) is 10.7. The number of nitrogen functional groups attached to an aromatic ring is 1. The van der Waals surface area contributed by atoms with Crippen LogP contribution in [0.25, 0.3) is 10.8 Å². The summed E-state index contributed by atoms with van der Waals surface area (Å²) in [4.78, 5) is 9.60. The molecule has 3 rings (SSSR count). The van der Waals surface area contributed by atoms with Crippen LogP contribution in [0.1, 0.15) is 0 Å². The van der Waals surface area contributed by atoms with Gasteiger partial charge in [0.2, 0.25) is 0 Å². The van der Waals surface area contributed by atoms with E-state index in [1.807, 2.05) is 42.6 Å². The van der Waals surface area contributed by atoms with E-state index in [1.165, 1.54) is 0 Å². The van der Waals surface area contributed by atoms with Crippen molar-refractivity contribution in [3.05, 3.63) is 55.0 Å². The van der Waals surface area contributed by atoms with Crippen LogP contribution in [0.2, 0.25) is 0 Å². The molecular formula is C14H11N3S. The van der Waals surface area contributed by atoms with Gasteiger partial charge in [0.15, 0.2) is 0 Å². The van der Waals surface area contributed by atoms with Gasteiger partial charge >= 0.3 is 0 Å². The van der Waals surface area contributed by atoms with Crippen LogP contribution in [0.4, 0.5) is 5.69 Å². The third-order valence-electron chi connectivity index (χ3n) is 2.66. The van der Waals surface area contributed by atoms with E-state index in [-0.39, 0.29) is 0 Å². The van der Waals surface area contributed by atoms with Gasteiger partial charge in [-0.25, -0.2) is 4.98 Å². The molecule has 0 aliphatic rings. The third-order valence-corrected chi connectivity index (χ3v) is 3.69. The van der Waals surface area contributed by atoms with Crippen LogP contribution in [0.5, 0.6) is 0 Å². The molecule has 0 saturated heterocycles. The molecule has 3 aromatic rings. The number of pyridine rings is 2. The first-order valence-electron chi connectivity index (χ1n) is 5.56. The molecule has 2 aromatic heterocycles. The Bertz CT molecular complexity index is 683. The molecule has 0 unspecified atom stereocenters. The first-order chi connectivity index (χ1) is 8.84. The van der Waals surface area contributed by atoms with Crippen LogP contribution >= 0.6 is 11.8 Å². The minimum atomic E-state index is 0.776. The molecule has 0 amide bonds. The second-order valence-electron chi connectivity index (χ2n) is 3.84. The van der Waals surface area contributed by atoms with E-state index < -0.39 is 0 Å². The Balaban J connectivity index is 2.10. The summed E-state index contributed by atoms with van der Waals surface area (Å²) in [6.45, 7) is 0. The number of nitrogens with two attached hydrogens (primary N) is 1. The van der Waals surface area contributed by atoms with Gasteiger partial charge < -0.3 is 5.73 Å². The Labute approximate surface area is 109 Å². The fraction of sp³-hybridized carbons (Fsp3) is 0. The summed E-state index contributed by atoms with van der Waals surface area (Å²) in [5.74, 6) is 0. The van der Waals surface area contributed by atoms with Gasteiger partial charge in [-0.3, -0.25) is 4.98 Å². The SMILES string of the molecule is Nc1ccc(Sc2ccccn2)c2cnccc12. The number of benzene rings is 1. The maximum atomic E-state index is 5.97. The molecule has 0 atom stereocenters. The molecule has 0 fully saturated rings. The highest BCUT2D eigenvalue weighted by molar-refractivity contribution is 7.99. The molecule has 3 nitrogen and oxygen atoms in total. The van der Waals surface area contributed by atoms with Crippen molar-refractivity contribution in [3.8, 4) is 0 Å². The number of hydrogen-bond acceptors (Lipinski definition) is 4. The summed E-state index contributed by atoms with van der Waals surface area (Å²) in [5, 5.41) is 3.06. The van der Waals surface area contributed by atoms with E-state index in [1.54, 1.807) is 24.2 Å². The molecule has 4 heteroatoms. The number of fused-ring (bicyclic) bond motifs is 1. The predicted molar refractivity (Wildman–Crippen MR) is 74.5 cm³/mol. The van der Waals surface area contributed by atoms with Gasteiger partial charge in [-0.2, -0.15) is 0 Å². The molecule has 2 N–H and O–H groups in total. The van der Waals surface area contributed by atoms with Crippen molar-refractivity contribution in [1.82, 2.24) is 9.97 Å². The van der Waals surface area contributed by atoms with E-state index in [0.717, 1.165) is 26.4 Å². The van der Waals surface area contributed by atoms with Gasteiger partial charge in [-0.05, 0) is 30.3 Å². The van der Waals surface area contributed by atoms with E-state index in [0.29, 0.717) is 0 Å². The molecule has 0 radical (unpaired) electrons. The highest BCUT2D eigenvalue weighted by atomic mass is 32.2. The van der Waals surface area contributed by atoms with Crippen LogP contribution in [-0.4, -0.2) is 9.97 Å². The summed E-state index contributed by atoms with van der Waals surface area (Å²) in [6, 6.07) is 11.8. The second-order valence-corrected chi connectivity index (χ2v) is 4.91. The zero-order chi connectivity index (χ0) is 12.4. The van der Waals surface area contributed by atoms with Crippen molar-refractivity contribution in [3.63, 3.8) is 0 Å². The van der Waals surface area contributed by atoms with E-state index in [9.17, 15) is 0 Å². The van der Waals surface area contributed by atoms with Gasteiger partial charge in [-0.1, -0.05) is 17.8 Å². The van der Waals surface area contributed by atoms with Crippen molar-refractivity contribution in [2.24, 2.45) is 0 Å². The lowest BCUT2D eigenvalue weighted by Gasteiger charge is -2.07. The van der Waals surface area contributed by atoms with E-state index >= 15 is 0 Å². The summed E-state index contributed by atoms with van der Waals surface area (Å²) in [6.07, 6.45) is 5.39. The van der Waals surface area contributed by atoms with Crippen molar-refractivity contribution >= 4 is 28.2 Å². The van der Waals surface area contributed by atoms with Crippen molar-refractivity contribution in [2.45, 2.75) is 9.92 Å². The largest absolute Gasteiger partial charge is 0.398 e. The maximum absolute atomic E-state index is 5.97. The van der Waals surface area contributed by atoms with Crippen molar-refractivity contribution < 1.29 is 0 Å². The number of hydrogen-bond donors (Lipinski definition) is 1. The van der Waals surface area contributed by atoms with Crippen LogP contribution in [0.15, 0.2) is 64.9 Å².